The van der Waals surface area contributed by atoms with Crippen molar-refractivity contribution in [1.29, 1.82) is 0 Å². The monoisotopic (exact) mass is 287 g/mol. The number of piperidine rings is 1. The largest absolute Gasteiger partial charge is 0.343 e. The fraction of sp³-hybridized carbons (Fsp3) is 0.556. The first-order valence-electron chi connectivity index (χ1n) is 7.96. The van der Waals surface area contributed by atoms with Crippen LogP contribution in [0.3, 0.4) is 0 Å². The smallest absolute Gasteiger partial charge is 0.222 e. The molecule has 1 aliphatic rings. The van der Waals surface area contributed by atoms with Gasteiger partial charge >= 0.3 is 0 Å². The second-order valence-corrected chi connectivity index (χ2v) is 5.90. The van der Waals surface area contributed by atoms with E-state index in [1.165, 1.54) is 11.1 Å². The van der Waals surface area contributed by atoms with Crippen LogP contribution in [0.1, 0.15) is 43.7 Å². The Morgan fingerprint density at radius 2 is 1.86 bits per heavy atom. The van der Waals surface area contributed by atoms with Crippen LogP contribution in [0.4, 0.5) is 0 Å². The van der Waals surface area contributed by atoms with E-state index in [-0.39, 0.29) is 11.8 Å². The van der Waals surface area contributed by atoms with Crippen LogP contribution in [-0.4, -0.2) is 29.7 Å². The molecule has 0 radical (unpaired) electrons. The summed E-state index contributed by atoms with van der Waals surface area (Å²) in [6.45, 7) is 5.48. The van der Waals surface area contributed by atoms with Gasteiger partial charge in [0, 0.05) is 31.8 Å². The summed E-state index contributed by atoms with van der Waals surface area (Å²) in [4.78, 5) is 25.9. The number of benzene rings is 1. The molecule has 114 valence electrons. The quantitative estimate of drug-likeness (QED) is 0.834. The number of aryl methyl sites for hydroxylation is 2. The number of Topliss-reactive ketones (excluding diaryl/α,β-unsaturated/α-hetero) is 1. The predicted octanol–water partition coefficient (Wildman–Crippen LogP) is 3.15. The normalized spacial score (nSPS) is 16.0. The SMILES string of the molecule is CCC(=O)C1CCN(C(=O)CCc2ccccc2C)CC1. The average molecular weight is 287 g/mol. The zero-order valence-corrected chi connectivity index (χ0v) is 13.1. The van der Waals surface area contributed by atoms with Crippen LogP contribution in [0.2, 0.25) is 0 Å². The zero-order valence-electron chi connectivity index (χ0n) is 13.1. The molecule has 0 atom stereocenters. The Morgan fingerprint density at radius 1 is 1.19 bits per heavy atom. The van der Waals surface area contributed by atoms with Crippen molar-refractivity contribution in [3.63, 3.8) is 0 Å². The minimum Gasteiger partial charge on any atom is -0.343 e. The van der Waals surface area contributed by atoms with Gasteiger partial charge in [0.25, 0.3) is 0 Å². The van der Waals surface area contributed by atoms with Crippen LogP contribution in [0.25, 0.3) is 0 Å². The van der Waals surface area contributed by atoms with Crippen LogP contribution in [-0.2, 0) is 16.0 Å². The van der Waals surface area contributed by atoms with Gasteiger partial charge in [-0.1, -0.05) is 31.2 Å². The lowest BCUT2D eigenvalue weighted by Crippen LogP contribution is -2.40. The average Bonchev–Trinajstić information content (AvgIpc) is 2.53. The van der Waals surface area contributed by atoms with E-state index in [2.05, 4.69) is 19.1 Å². The predicted molar refractivity (Wildman–Crippen MR) is 84.1 cm³/mol. The molecule has 1 aromatic carbocycles. The Balaban J connectivity index is 1.80. The third kappa shape index (κ3) is 4.16. The van der Waals surface area contributed by atoms with Gasteiger partial charge in [-0.2, -0.15) is 0 Å². The maximum absolute atomic E-state index is 12.3. The van der Waals surface area contributed by atoms with E-state index in [0.29, 0.717) is 18.6 Å². The topological polar surface area (TPSA) is 37.4 Å². The Kier molecular flexibility index (Phi) is 5.54. The molecule has 1 heterocycles. The molecule has 0 spiro atoms. The van der Waals surface area contributed by atoms with E-state index in [9.17, 15) is 9.59 Å². The molecule has 2 rings (SSSR count). The maximum Gasteiger partial charge on any atom is 0.222 e. The second kappa shape index (κ2) is 7.39. The number of carbonyl (C=O) groups is 2. The first-order chi connectivity index (χ1) is 10.1. The molecule has 3 heteroatoms. The van der Waals surface area contributed by atoms with Gasteiger partial charge < -0.3 is 4.90 Å². The van der Waals surface area contributed by atoms with Gasteiger partial charge in [0.05, 0.1) is 0 Å². The standard InChI is InChI=1S/C18H25NO2/c1-3-17(20)16-10-12-19(13-11-16)18(21)9-8-15-7-5-4-6-14(15)2/h4-7,16H,3,8-13H2,1-2H3. The summed E-state index contributed by atoms with van der Waals surface area (Å²) in [6, 6.07) is 8.22. The molecule has 21 heavy (non-hydrogen) atoms. The van der Waals surface area contributed by atoms with Gasteiger partial charge in [0.1, 0.15) is 5.78 Å². The van der Waals surface area contributed by atoms with E-state index in [1.807, 2.05) is 24.0 Å². The number of likely N-dealkylation sites (tertiary alicyclic amines) is 1. The van der Waals surface area contributed by atoms with Crippen molar-refractivity contribution in [2.24, 2.45) is 5.92 Å². The van der Waals surface area contributed by atoms with Gasteiger partial charge in [-0.15, -0.1) is 0 Å². The van der Waals surface area contributed by atoms with E-state index in [4.69, 9.17) is 0 Å². The highest BCUT2D eigenvalue weighted by molar-refractivity contribution is 5.81. The Morgan fingerprint density at radius 3 is 2.48 bits per heavy atom. The maximum atomic E-state index is 12.3. The lowest BCUT2D eigenvalue weighted by molar-refractivity contribution is -0.135. The first-order valence-corrected chi connectivity index (χ1v) is 7.96. The van der Waals surface area contributed by atoms with E-state index < -0.39 is 0 Å². The zero-order chi connectivity index (χ0) is 15.2. The number of carbonyl (C=O) groups excluding carboxylic acids is 2. The van der Waals surface area contributed by atoms with Gasteiger partial charge in [-0.25, -0.2) is 0 Å². The molecule has 0 aromatic heterocycles. The Labute approximate surface area is 127 Å². The number of amides is 1. The molecule has 1 amide bonds. The Bertz CT molecular complexity index is 502. The van der Waals surface area contributed by atoms with Crippen molar-refractivity contribution in [2.45, 2.75) is 46.0 Å². The third-order valence-corrected chi connectivity index (χ3v) is 4.52. The highest BCUT2D eigenvalue weighted by atomic mass is 16.2. The van der Waals surface area contributed by atoms with E-state index >= 15 is 0 Å². The number of ketones is 1. The molecule has 1 fully saturated rings. The van der Waals surface area contributed by atoms with Crippen molar-refractivity contribution < 1.29 is 9.59 Å². The van der Waals surface area contributed by atoms with E-state index in [0.717, 1.165) is 32.4 Å². The van der Waals surface area contributed by atoms with Gasteiger partial charge in [-0.05, 0) is 37.3 Å². The van der Waals surface area contributed by atoms with Gasteiger partial charge in [0.15, 0.2) is 0 Å². The highest BCUT2D eigenvalue weighted by Crippen LogP contribution is 2.20. The number of nitrogens with zero attached hydrogens (tertiary/aromatic N) is 1. The third-order valence-electron chi connectivity index (χ3n) is 4.52. The van der Waals surface area contributed by atoms with Crippen molar-refractivity contribution in [1.82, 2.24) is 4.90 Å². The van der Waals surface area contributed by atoms with Crippen LogP contribution in [0.5, 0.6) is 0 Å². The van der Waals surface area contributed by atoms with Gasteiger partial charge in [0.2, 0.25) is 5.91 Å². The molecular formula is C18H25NO2. The molecule has 0 aliphatic carbocycles. The summed E-state index contributed by atoms with van der Waals surface area (Å²) >= 11 is 0. The molecule has 0 saturated carbocycles. The lowest BCUT2D eigenvalue weighted by Gasteiger charge is -2.31. The first kappa shape index (κ1) is 15.7. The number of rotatable bonds is 5. The van der Waals surface area contributed by atoms with Crippen molar-refractivity contribution in [3.8, 4) is 0 Å². The molecule has 0 bridgehead atoms. The van der Waals surface area contributed by atoms with Crippen LogP contribution < -0.4 is 0 Å². The summed E-state index contributed by atoms with van der Waals surface area (Å²) in [5.41, 5.74) is 2.50. The van der Waals surface area contributed by atoms with E-state index in [1.54, 1.807) is 0 Å². The van der Waals surface area contributed by atoms with Crippen LogP contribution >= 0.6 is 0 Å². The highest BCUT2D eigenvalue weighted by Gasteiger charge is 2.25. The summed E-state index contributed by atoms with van der Waals surface area (Å²) < 4.78 is 0. The fourth-order valence-electron chi connectivity index (χ4n) is 3.03. The van der Waals surface area contributed by atoms with Crippen LogP contribution in [0.15, 0.2) is 24.3 Å². The minimum absolute atomic E-state index is 0.176. The molecule has 1 aromatic rings. The molecule has 0 N–H and O–H groups in total. The minimum atomic E-state index is 0.176. The molecule has 1 aliphatic heterocycles. The van der Waals surface area contributed by atoms with Crippen molar-refractivity contribution >= 4 is 11.7 Å². The summed E-state index contributed by atoms with van der Waals surface area (Å²) in [7, 11) is 0. The number of hydrogen-bond acceptors (Lipinski definition) is 2. The molecule has 1 saturated heterocycles. The van der Waals surface area contributed by atoms with Crippen LogP contribution in [0, 0.1) is 12.8 Å². The second-order valence-electron chi connectivity index (χ2n) is 5.90. The Hall–Kier alpha value is -1.64. The summed E-state index contributed by atoms with van der Waals surface area (Å²) in [5, 5.41) is 0. The lowest BCUT2D eigenvalue weighted by atomic mass is 9.91. The number of hydrogen-bond donors (Lipinski definition) is 0. The van der Waals surface area contributed by atoms with Crippen molar-refractivity contribution in [2.75, 3.05) is 13.1 Å². The molecule has 0 unspecified atom stereocenters. The summed E-state index contributed by atoms with van der Waals surface area (Å²) in [5.74, 6) is 0.748. The molecule has 3 nitrogen and oxygen atoms in total. The summed E-state index contributed by atoms with van der Waals surface area (Å²) in [6.07, 6.45) is 3.66. The van der Waals surface area contributed by atoms with Crippen molar-refractivity contribution in [3.05, 3.63) is 35.4 Å². The molecular weight excluding hydrogens is 262 g/mol. The fourth-order valence-corrected chi connectivity index (χ4v) is 3.03. The van der Waals surface area contributed by atoms with Gasteiger partial charge in [-0.3, -0.25) is 9.59 Å².